The molecule has 0 saturated carbocycles. The number of H-pyrrole nitrogens is 1. The maximum absolute atomic E-state index is 13.0. The molecule has 0 saturated heterocycles. The van der Waals surface area contributed by atoms with Crippen LogP contribution in [0.25, 0.3) is 11.1 Å². The zero-order valence-corrected chi connectivity index (χ0v) is 9.44. The van der Waals surface area contributed by atoms with Gasteiger partial charge >= 0.3 is 0 Å². The maximum atomic E-state index is 13.0. The Morgan fingerprint density at radius 3 is 2.62 bits per heavy atom. The summed E-state index contributed by atoms with van der Waals surface area (Å²) in [6, 6.07) is 5.80. The van der Waals surface area contributed by atoms with Gasteiger partial charge in [-0.3, -0.25) is 4.79 Å². The molecular weight excluding hydrogens is 252 g/mol. The lowest BCUT2D eigenvalue weighted by Crippen LogP contribution is -2.08. The van der Waals surface area contributed by atoms with E-state index in [-0.39, 0.29) is 5.56 Å². The van der Waals surface area contributed by atoms with Crippen LogP contribution in [0.2, 0.25) is 10.0 Å². The second-order valence-electron chi connectivity index (χ2n) is 3.18. The van der Waals surface area contributed by atoms with Gasteiger partial charge in [-0.25, -0.2) is 4.39 Å². The fraction of sp³-hybridized carbons (Fsp3) is 0. The molecule has 0 amide bonds. The predicted octanol–water partition coefficient (Wildman–Crippen LogP) is 3.49. The van der Waals surface area contributed by atoms with Crippen LogP contribution in [0.5, 0.6) is 0 Å². The number of pyridine rings is 1. The summed E-state index contributed by atoms with van der Waals surface area (Å²) in [5, 5.41) is 0.781. The summed E-state index contributed by atoms with van der Waals surface area (Å²) in [4.78, 5) is 13.8. The normalized spacial score (nSPS) is 10.4. The van der Waals surface area contributed by atoms with E-state index in [1.807, 2.05) is 0 Å². The summed E-state index contributed by atoms with van der Waals surface area (Å²) in [6.45, 7) is 0. The van der Waals surface area contributed by atoms with Gasteiger partial charge in [0.05, 0.1) is 5.56 Å². The standard InChI is InChI=1S/C11H6Cl2FNO/c12-6-1-2-10(13)8(3-6)9-4-7(14)5-15-11(9)16/h1-5H,(H,15,16). The van der Waals surface area contributed by atoms with Crippen LogP contribution in [0, 0.1) is 5.82 Å². The third-order valence-electron chi connectivity index (χ3n) is 2.09. The van der Waals surface area contributed by atoms with Crippen molar-refractivity contribution in [2.75, 3.05) is 0 Å². The van der Waals surface area contributed by atoms with Crippen LogP contribution in [0.1, 0.15) is 0 Å². The van der Waals surface area contributed by atoms with Gasteiger partial charge in [-0.2, -0.15) is 0 Å². The van der Waals surface area contributed by atoms with E-state index in [1.54, 1.807) is 12.1 Å². The molecule has 0 aliphatic heterocycles. The first-order valence-electron chi connectivity index (χ1n) is 4.41. The number of benzene rings is 1. The van der Waals surface area contributed by atoms with Crippen molar-refractivity contribution in [1.29, 1.82) is 0 Å². The Bertz CT molecular complexity index is 595. The van der Waals surface area contributed by atoms with Crippen molar-refractivity contribution < 1.29 is 4.39 Å². The smallest absolute Gasteiger partial charge is 0.256 e. The van der Waals surface area contributed by atoms with Crippen LogP contribution in [0.15, 0.2) is 35.3 Å². The molecule has 82 valence electrons. The highest BCUT2D eigenvalue weighted by molar-refractivity contribution is 6.35. The Morgan fingerprint density at radius 2 is 1.88 bits per heavy atom. The number of nitrogens with one attached hydrogen (secondary N) is 1. The first-order chi connectivity index (χ1) is 7.58. The van der Waals surface area contributed by atoms with E-state index in [0.29, 0.717) is 15.6 Å². The van der Waals surface area contributed by atoms with Crippen molar-refractivity contribution in [3.8, 4) is 11.1 Å². The second-order valence-corrected chi connectivity index (χ2v) is 4.03. The lowest BCUT2D eigenvalue weighted by molar-refractivity contribution is 0.621. The molecule has 1 heterocycles. The van der Waals surface area contributed by atoms with E-state index in [2.05, 4.69) is 4.98 Å². The van der Waals surface area contributed by atoms with E-state index in [4.69, 9.17) is 23.2 Å². The molecule has 1 aromatic heterocycles. The molecule has 0 spiro atoms. The molecule has 1 aromatic carbocycles. The lowest BCUT2D eigenvalue weighted by atomic mass is 10.1. The molecule has 0 aliphatic carbocycles. The Hall–Kier alpha value is -1.32. The van der Waals surface area contributed by atoms with Gasteiger partial charge in [-0.15, -0.1) is 0 Å². The molecule has 0 aliphatic rings. The van der Waals surface area contributed by atoms with E-state index in [0.717, 1.165) is 12.3 Å². The highest BCUT2D eigenvalue weighted by atomic mass is 35.5. The van der Waals surface area contributed by atoms with Gasteiger partial charge in [0.15, 0.2) is 0 Å². The average molecular weight is 258 g/mol. The van der Waals surface area contributed by atoms with E-state index in [1.165, 1.54) is 6.07 Å². The fourth-order valence-electron chi connectivity index (χ4n) is 1.36. The monoisotopic (exact) mass is 257 g/mol. The molecular formula is C11H6Cl2FNO. The Morgan fingerprint density at radius 1 is 1.12 bits per heavy atom. The molecule has 5 heteroatoms. The number of aromatic amines is 1. The second kappa shape index (κ2) is 4.28. The van der Waals surface area contributed by atoms with Crippen molar-refractivity contribution >= 4 is 23.2 Å². The summed E-state index contributed by atoms with van der Waals surface area (Å²) in [5.41, 5.74) is 0.160. The minimum atomic E-state index is -0.536. The molecule has 2 nitrogen and oxygen atoms in total. The molecule has 16 heavy (non-hydrogen) atoms. The van der Waals surface area contributed by atoms with Gasteiger partial charge in [-0.05, 0) is 24.3 Å². The summed E-state index contributed by atoms with van der Waals surface area (Å²) >= 11 is 11.7. The molecule has 0 radical (unpaired) electrons. The molecule has 0 bridgehead atoms. The number of hydrogen-bond donors (Lipinski definition) is 1. The quantitative estimate of drug-likeness (QED) is 0.834. The van der Waals surface area contributed by atoms with Crippen molar-refractivity contribution in [2.45, 2.75) is 0 Å². The van der Waals surface area contributed by atoms with Crippen molar-refractivity contribution in [1.82, 2.24) is 4.98 Å². The van der Waals surface area contributed by atoms with Crippen LogP contribution in [-0.2, 0) is 0 Å². The van der Waals surface area contributed by atoms with E-state index >= 15 is 0 Å². The SMILES string of the molecule is O=c1[nH]cc(F)cc1-c1cc(Cl)ccc1Cl. The minimum Gasteiger partial charge on any atom is -0.326 e. The average Bonchev–Trinajstić information content (AvgIpc) is 2.25. The van der Waals surface area contributed by atoms with E-state index in [9.17, 15) is 9.18 Å². The number of rotatable bonds is 1. The zero-order valence-electron chi connectivity index (χ0n) is 7.93. The predicted molar refractivity (Wildman–Crippen MR) is 62.5 cm³/mol. The Kier molecular flexibility index (Phi) is 2.99. The van der Waals surface area contributed by atoms with Gasteiger partial charge < -0.3 is 4.98 Å². The molecule has 1 N–H and O–H groups in total. The summed E-state index contributed by atoms with van der Waals surface area (Å²) < 4.78 is 13.0. The topological polar surface area (TPSA) is 32.9 Å². The summed E-state index contributed by atoms with van der Waals surface area (Å²) in [5.74, 6) is -0.536. The van der Waals surface area contributed by atoms with Gasteiger partial charge in [0.25, 0.3) is 5.56 Å². The van der Waals surface area contributed by atoms with Crippen molar-refractivity contribution in [2.24, 2.45) is 0 Å². The minimum absolute atomic E-state index is 0.160. The first-order valence-corrected chi connectivity index (χ1v) is 5.17. The summed E-state index contributed by atoms with van der Waals surface area (Å²) in [6.07, 6.45) is 0.990. The first kappa shape index (κ1) is 11.2. The largest absolute Gasteiger partial charge is 0.326 e. The molecule has 2 aromatic rings. The molecule has 0 unspecified atom stereocenters. The molecule has 2 rings (SSSR count). The van der Waals surface area contributed by atoms with Gasteiger partial charge in [0.2, 0.25) is 0 Å². The fourth-order valence-corrected chi connectivity index (χ4v) is 1.75. The lowest BCUT2D eigenvalue weighted by Gasteiger charge is -2.04. The third-order valence-corrected chi connectivity index (χ3v) is 2.65. The maximum Gasteiger partial charge on any atom is 0.256 e. The Balaban J connectivity index is 2.71. The van der Waals surface area contributed by atoms with Crippen LogP contribution < -0.4 is 5.56 Å². The van der Waals surface area contributed by atoms with Gasteiger partial charge in [-0.1, -0.05) is 23.2 Å². The number of halogens is 3. The molecule has 0 atom stereocenters. The highest BCUT2D eigenvalue weighted by Gasteiger charge is 2.09. The number of aromatic nitrogens is 1. The van der Waals surface area contributed by atoms with Gasteiger partial charge in [0.1, 0.15) is 5.82 Å². The summed E-state index contributed by atoms with van der Waals surface area (Å²) in [7, 11) is 0. The number of hydrogen-bond acceptors (Lipinski definition) is 1. The highest BCUT2D eigenvalue weighted by Crippen LogP contribution is 2.28. The van der Waals surface area contributed by atoms with Crippen LogP contribution in [0.4, 0.5) is 4.39 Å². The van der Waals surface area contributed by atoms with Crippen LogP contribution >= 0.6 is 23.2 Å². The Labute approximate surface area is 101 Å². The van der Waals surface area contributed by atoms with Crippen LogP contribution in [0.3, 0.4) is 0 Å². The van der Waals surface area contributed by atoms with E-state index < -0.39 is 11.4 Å². The third kappa shape index (κ3) is 2.10. The van der Waals surface area contributed by atoms with Crippen molar-refractivity contribution in [3.63, 3.8) is 0 Å². The van der Waals surface area contributed by atoms with Crippen molar-refractivity contribution in [3.05, 3.63) is 56.7 Å². The van der Waals surface area contributed by atoms with Gasteiger partial charge in [0, 0.05) is 21.8 Å². The molecule has 0 fully saturated rings. The zero-order chi connectivity index (χ0) is 11.7. The van der Waals surface area contributed by atoms with Crippen LogP contribution in [-0.4, -0.2) is 4.98 Å².